The maximum Gasteiger partial charge on any atom is 0.227 e. The van der Waals surface area contributed by atoms with Gasteiger partial charge in [0, 0.05) is 12.6 Å². The van der Waals surface area contributed by atoms with E-state index in [4.69, 9.17) is 4.74 Å². The third-order valence-corrected chi connectivity index (χ3v) is 3.87. The Hall–Kier alpha value is -0.610. The maximum absolute atomic E-state index is 12.1. The Kier molecular flexibility index (Phi) is 4.05. The summed E-state index contributed by atoms with van der Waals surface area (Å²) < 4.78 is 5.41. The Morgan fingerprint density at radius 2 is 2.18 bits per heavy atom. The highest BCUT2D eigenvalue weighted by Crippen LogP contribution is 2.44. The molecule has 1 amide bonds. The van der Waals surface area contributed by atoms with Crippen molar-refractivity contribution in [2.45, 2.75) is 39.2 Å². The zero-order chi connectivity index (χ0) is 12.3. The van der Waals surface area contributed by atoms with E-state index in [9.17, 15) is 4.79 Å². The summed E-state index contributed by atoms with van der Waals surface area (Å²) in [7, 11) is 0. The minimum absolute atomic E-state index is 0.0103. The molecule has 2 fully saturated rings. The summed E-state index contributed by atoms with van der Waals surface area (Å²) in [6.45, 7) is 7.36. The van der Waals surface area contributed by atoms with E-state index in [0.717, 1.165) is 19.5 Å². The van der Waals surface area contributed by atoms with Gasteiger partial charge in [0.1, 0.15) is 0 Å². The molecule has 17 heavy (non-hydrogen) atoms. The zero-order valence-corrected chi connectivity index (χ0v) is 10.9. The molecule has 0 aromatic heterocycles. The van der Waals surface area contributed by atoms with Crippen LogP contribution < -0.4 is 10.6 Å². The first-order chi connectivity index (χ1) is 8.14. The molecule has 2 unspecified atom stereocenters. The average molecular weight is 240 g/mol. The number of rotatable bonds is 6. The lowest BCUT2D eigenvalue weighted by atomic mass is 10.0. The Balaban J connectivity index is 1.76. The SMILES string of the molecule is CCCNC1COCC1C(=O)NCC1(C)CC1. The lowest BCUT2D eigenvalue weighted by Crippen LogP contribution is -2.45. The number of ether oxygens (including phenoxy) is 1. The fraction of sp³-hybridized carbons (Fsp3) is 0.923. The molecular formula is C13H24N2O2. The van der Waals surface area contributed by atoms with Crippen LogP contribution in [0, 0.1) is 11.3 Å². The topological polar surface area (TPSA) is 50.4 Å². The molecule has 4 nitrogen and oxygen atoms in total. The van der Waals surface area contributed by atoms with Gasteiger partial charge in [-0.15, -0.1) is 0 Å². The monoisotopic (exact) mass is 240 g/mol. The van der Waals surface area contributed by atoms with E-state index in [0.29, 0.717) is 18.6 Å². The summed E-state index contributed by atoms with van der Waals surface area (Å²) >= 11 is 0. The zero-order valence-electron chi connectivity index (χ0n) is 10.9. The van der Waals surface area contributed by atoms with Gasteiger partial charge in [-0.1, -0.05) is 13.8 Å². The molecule has 0 bridgehead atoms. The van der Waals surface area contributed by atoms with Crippen molar-refractivity contribution in [3.05, 3.63) is 0 Å². The molecule has 4 heteroatoms. The Morgan fingerprint density at radius 1 is 1.41 bits per heavy atom. The second kappa shape index (κ2) is 5.36. The van der Waals surface area contributed by atoms with E-state index < -0.39 is 0 Å². The van der Waals surface area contributed by atoms with E-state index in [2.05, 4.69) is 24.5 Å². The van der Waals surface area contributed by atoms with E-state index in [1.54, 1.807) is 0 Å². The molecule has 98 valence electrons. The third-order valence-electron chi connectivity index (χ3n) is 3.87. The van der Waals surface area contributed by atoms with Crippen molar-refractivity contribution >= 4 is 5.91 Å². The van der Waals surface area contributed by atoms with Crippen LogP contribution in [0.2, 0.25) is 0 Å². The van der Waals surface area contributed by atoms with Gasteiger partial charge in [-0.05, 0) is 31.2 Å². The molecule has 0 aromatic carbocycles. The minimum atomic E-state index is -0.0103. The standard InChI is InChI=1S/C13H24N2O2/c1-3-6-14-11-8-17-7-10(11)12(16)15-9-13(2)4-5-13/h10-11,14H,3-9H2,1-2H3,(H,15,16). The van der Waals surface area contributed by atoms with Crippen LogP contribution >= 0.6 is 0 Å². The van der Waals surface area contributed by atoms with Gasteiger partial charge in [0.2, 0.25) is 5.91 Å². The van der Waals surface area contributed by atoms with Crippen LogP contribution in [0.25, 0.3) is 0 Å². The molecule has 2 rings (SSSR count). The van der Waals surface area contributed by atoms with Gasteiger partial charge in [-0.25, -0.2) is 0 Å². The Morgan fingerprint density at radius 3 is 2.82 bits per heavy atom. The lowest BCUT2D eigenvalue weighted by molar-refractivity contribution is -0.125. The smallest absolute Gasteiger partial charge is 0.227 e. The van der Waals surface area contributed by atoms with E-state index in [1.807, 2.05) is 0 Å². The van der Waals surface area contributed by atoms with E-state index >= 15 is 0 Å². The van der Waals surface area contributed by atoms with Gasteiger partial charge in [-0.2, -0.15) is 0 Å². The third kappa shape index (κ3) is 3.42. The van der Waals surface area contributed by atoms with Gasteiger partial charge in [0.15, 0.2) is 0 Å². The molecule has 1 aliphatic heterocycles. The quantitative estimate of drug-likeness (QED) is 0.726. The highest BCUT2D eigenvalue weighted by Gasteiger charge is 2.39. The Bertz CT molecular complexity index is 277. The fourth-order valence-corrected chi connectivity index (χ4v) is 2.17. The van der Waals surface area contributed by atoms with Crippen LogP contribution in [0.5, 0.6) is 0 Å². The fourth-order valence-electron chi connectivity index (χ4n) is 2.17. The highest BCUT2D eigenvalue weighted by molar-refractivity contribution is 5.80. The predicted octanol–water partition coefficient (Wildman–Crippen LogP) is 0.917. The second-order valence-electron chi connectivity index (χ2n) is 5.73. The molecule has 1 saturated carbocycles. The molecule has 1 saturated heterocycles. The first kappa shape index (κ1) is 12.8. The highest BCUT2D eigenvalue weighted by atomic mass is 16.5. The summed E-state index contributed by atoms with van der Waals surface area (Å²) in [6, 6.07) is 0.196. The van der Waals surface area contributed by atoms with Crippen LogP contribution in [0.4, 0.5) is 0 Å². The lowest BCUT2D eigenvalue weighted by Gasteiger charge is -2.19. The largest absolute Gasteiger partial charge is 0.379 e. The van der Waals surface area contributed by atoms with Gasteiger partial charge in [0.05, 0.1) is 19.1 Å². The summed E-state index contributed by atoms with van der Waals surface area (Å²) in [4.78, 5) is 12.1. The van der Waals surface area contributed by atoms with Crippen LogP contribution in [0.15, 0.2) is 0 Å². The van der Waals surface area contributed by atoms with Crippen LogP contribution in [-0.2, 0) is 9.53 Å². The summed E-state index contributed by atoms with van der Waals surface area (Å²) in [5.41, 5.74) is 0.376. The van der Waals surface area contributed by atoms with Crippen molar-refractivity contribution in [3.8, 4) is 0 Å². The van der Waals surface area contributed by atoms with E-state index in [1.165, 1.54) is 12.8 Å². The predicted molar refractivity (Wildman–Crippen MR) is 66.7 cm³/mol. The Labute approximate surface area is 103 Å². The molecular weight excluding hydrogens is 216 g/mol. The summed E-state index contributed by atoms with van der Waals surface area (Å²) in [5.74, 6) is 0.146. The number of hydrogen-bond donors (Lipinski definition) is 2. The van der Waals surface area contributed by atoms with Crippen LogP contribution in [0.1, 0.15) is 33.1 Å². The second-order valence-corrected chi connectivity index (χ2v) is 5.73. The molecule has 1 aliphatic carbocycles. The van der Waals surface area contributed by atoms with Crippen molar-refractivity contribution in [3.63, 3.8) is 0 Å². The number of carbonyl (C=O) groups excluding carboxylic acids is 1. The first-order valence-corrected chi connectivity index (χ1v) is 6.73. The van der Waals surface area contributed by atoms with Crippen LogP contribution in [0.3, 0.4) is 0 Å². The molecule has 0 aromatic rings. The van der Waals surface area contributed by atoms with E-state index in [-0.39, 0.29) is 17.9 Å². The molecule has 2 aliphatic rings. The van der Waals surface area contributed by atoms with Crippen molar-refractivity contribution in [2.24, 2.45) is 11.3 Å². The van der Waals surface area contributed by atoms with Gasteiger partial charge < -0.3 is 15.4 Å². The van der Waals surface area contributed by atoms with Crippen molar-refractivity contribution in [2.75, 3.05) is 26.3 Å². The number of carbonyl (C=O) groups is 1. The summed E-state index contributed by atoms with van der Waals surface area (Å²) in [6.07, 6.45) is 3.57. The molecule has 0 spiro atoms. The number of nitrogens with one attached hydrogen (secondary N) is 2. The molecule has 1 heterocycles. The van der Waals surface area contributed by atoms with Gasteiger partial charge in [0.25, 0.3) is 0 Å². The minimum Gasteiger partial charge on any atom is -0.379 e. The van der Waals surface area contributed by atoms with Crippen molar-refractivity contribution < 1.29 is 9.53 Å². The number of amides is 1. The molecule has 2 atom stereocenters. The maximum atomic E-state index is 12.1. The van der Waals surface area contributed by atoms with Crippen molar-refractivity contribution in [1.82, 2.24) is 10.6 Å². The van der Waals surface area contributed by atoms with Crippen LogP contribution in [-0.4, -0.2) is 38.3 Å². The number of hydrogen-bond acceptors (Lipinski definition) is 3. The summed E-state index contributed by atoms with van der Waals surface area (Å²) in [5, 5.41) is 6.46. The molecule has 0 radical (unpaired) electrons. The van der Waals surface area contributed by atoms with Crippen molar-refractivity contribution in [1.29, 1.82) is 0 Å². The molecule has 2 N–H and O–H groups in total. The first-order valence-electron chi connectivity index (χ1n) is 6.73. The average Bonchev–Trinajstić information content (AvgIpc) is 2.89. The van der Waals surface area contributed by atoms with Gasteiger partial charge >= 0.3 is 0 Å². The van der Waals surface area contributed by atoms with Gasteiger partial charge in [-0.3, -0.25) is 4.79 Å². The normalized spacial score (nSPS) is 30.2.